The van der Waals surface area contributed by atoms with Crippen LogP contribution in [0.3, 0.4) is 0 Å². The first-order chi connectivity index (χ1) is 31.2. The van der Waals surface area contributed by atoms with Crippen molar-refractivity contribution in [2.75, 3.05) is 9.80 Å². The van der Waals surface area contributed by atoms with Crippen molar-refractivity contribution < 1.29 is 0 Å². The van der Waals surface area contributed by atoms with E-state index in [1.807, 2.05) is 11.3 Å². The number of fused-ring (bicyclic) bond motifs is 13. The maximum Gasteiger partial charge on any atom is 0.264 e. The molecule has 0 radical (unpaired) electrons. The standard InChI is InChI=1S/C62H61BN2S/c1-58(2,3)36-22-27-39(28-23-36)64-50-31-26-38(60(7,8)9)32-49(50)63-54-51(64)34-48-53(42-19-15-17-21-46(42)62(48,12)13)56(54)65(40-29-24-37(25-30-40)59(4,5)6)55-44-33-43-41-18-14-16-20-45(41)61(10,11)47(43)35-52(44)66-57(55)63/h14-35H,1-13H3. The highest BCUT2D eigenvalue weighted by Crippen LogP contribution is 2.60. The maximum atomic E-state index is 2.73. The molecule has 66 heavy (non-hydrogen) atoms. The van der Waals surface area contributed by atoms with Crippen molar-refractivity contribution in [3.8, 4) is 22.3 Å². The van der Waals surface area contributed by atoms with Crippen LogP contribution in [-0.4, -0.2) is 6.71 Å². The topological polar surface area (TPSA) is 6.48 Å². The Hall–Kier alpha value is -5.84. The van der Waals surface area contributed by atoms with Gasteiger partial charge in [-0.15, -0.1) is 11.3 Å². The second-order valence-electron chi connectivity index (χ2n) is 23.9. The predicted octanol–water partition coefficient (Wildman–Crippen LogP) is 15.5. The molecule has 8 aromatic rings. The SMILES string of the molecule is CC(C)(C)c1ccc(N2c3ccc(C(C)(C)C)cc3B3c4sc5cc6c(cc5c4N(c4ccc(C(C)(C)C)cc4)c4c3c2cc2c4-c3ccccc3C2(C)C)-c2ccccc2C6(C)C)cc1. The van der Waals surface area contributed by atoms with E-state index in [2.05, 4.69) is 233 Å². The molecule has 4 aliphatic rings. The molecule has 2 aliphatic heterocycles. The van der Waals surface area contributed by atoms with Crippen LogP contribution in [-0.2, 0) is 27.1 Å². The molecule has 0 bridgehead atoms. The normalized spacial score (nSPS) is 16.1. The van der Waals surface area contributed by atoms with Gasteiger partial charge in [-0.25, -0.2) is 0 Å². The van der Waals surface area contributed by atoms with Crippen molar-refractivity contribution in [3.63, 3.8) is 0 Å². The minimum atomic E-state index is -0.222. The van der Waals surface area contributed by atoms with Gasteiger partial charge >= 0.3 is 0 Å². The Morgan fingerprint density at radius 1 is 0.455 bits per heavy atom. The zero-order chi connectivity index (χ0) is 46.2. The summed E-state index contributed by atoms with van der Waals surface area (Å²) in [6, 6.07) is 52.6. The van der Waals surface area contributed by atoms with Crippen LogP contribution in [0.25, 0.3) is 32.3 Å². The molecule has 0 saturated carbocycles. The second-order valence-corrected chi connectivity index (χ2v) is 24.9. The summed E-state index contributed by atoms with van der Waals surface area (Å²) >= 11 is 2.03. The summed E-state index contributed by atoms with van der Waals surface area (Å²) in [6.07, 6.45) is 0. The van der Waals surface area contributed by atoms with Gasteiger partial charge in [0, 0.05) is 54.0 Å². The monoisotopic (exact) mass is 876 g/mol. The van der Waals surface area contributed by atoms with Gasteiger partial charge < -0.3 is 9.80 Å². The van der Waals surface area contributed by atoms with E-state index in [1.165, 1.54) is 121 Å². The molecule has 0 fully saturated rings. The average molecular weight is 877 g/mol. The lowest BCUT2D eigenvalue weighted by Crippen LogP contribution is -2.61. The van der Waals surface area contributed by atoms with E-state index in [1.54, 1.807) is 0 Å². The summed E-state index contributed by atoms with van der Waals surface area (Å²) in [5.41, 5.74) is 25.2. The smallest absolute Gasteiger partial charge is 0.264 e. The molecule has 0 atom stereocenters. The number of benzene rings is 7. The zero-order valence-corrected chi connectivity index (χ0v) is 41.9. The Morgan fingerprint density at radius 3 is 1.59 bits per heavy atom. The van der Waals surface area contributed by atoms with Crippen molar-refractivity contribution in [2.24, 2.45) is 0 Å². The van der Waals surface area contributed by atoms with E-state index in [9.17, 15) is 0 Å². The molecule has 12 rings (SSSR count). The fourth-order valence-electron chi connectivity index (χ4n) is 12.1. The molecule has 0 saturated heterocycles. The Kier molecular flexibility index (Phi) is 8.45. The van der Waals surface area contributed by atoms with Gasteiger partial charge in [0.2, 0.25) is 0 Å². The third-order valence-corrected chi connectivity index (χ3v) is 17.1. The predicted molar refractivity (Wildman–Crippen MR) is 287 cm³/mol. The van der Waals surface area contributed by atoms with Gasteiger partial charge in [0.15, 0.2) is 0 Å². The van der Waals surface area contributed by atoms with E-state index < -0.39 is 0 Å². The Bertz CT molecular complexity index is 3360. The number of thiophene rings is 1. The van der Waals surface area contributed by atoms with Gasteiger partial charge in [-0.05, 0) is 131 Å². The lowest BCUT2D eigenvalue weighted by atomic mass is 9.35. The fourth-order valence-corrected chi connectivity index (χ4v) is 13.5. The average Bonchev–Trinajstić information content (AvgIpc) is 3.84. The van der Waals surface area contributed by atoms with Crippen molar-refractivity contribution in [2.45, 2.75) is 117 Å². The molecule has 0 unspecified atom stereocenters. The summed E-state index contributed by atoms with van der Waals surface area (Å²) in [6.45, 7) is 30.7. The van der Waals surface area contributed by atoms with Gasteiger partial charge in [0.05, 0.1) is 11.4 Å². The molecule has 0 amide bonds. The van der Waals surface area contributed by atoms with Gasteiger partial charge in [-0.2, -0.15) is 0 Å². The highest BCUT2D eigenvalue weighted by atomic mass is 32.1. The molecule has 328 valence electrons. The first-order valence-corrected chi connectivity index (χ1v) is 24.9. The Labute approximate surface area is 397 Å². The second kappa shape index (κ2) is 13.4. The lowest BCUT2D eigenvalue weighted by Gasteiger charge is -2.45. The highest BCUT2D eigenvalue weighted by Gasteiger charge is 2.50. The van der Waals surface area contributed by atoms with E-state index in [4.69, 9.17) is 0 Å². The van der Waals surface area contributed by atoms with Crippen LogP contribution in [0.4, 0.5) is 34.1 Å². The number of hydrogen-bond donors (Lipinski definition) is 0. The van der Waals surface area contributed by atoms with Crippen LogP contribution in [0.15, 0.2) is 133 Å². The highest BCUT2D eigenvalue weighted by molar-refractivity contribution is 7.33. The zero-order valence-electron chi connectivity index (χ0n) is 41.1. The first-order valence-electron chi connectivity index (χ1n) is 24.1. The van der Waals surface area contributed by atoms with Gasteiger partial charge in [0.25, 0.3) is 6.71 Å². The third kappa shape index (κ3) is 5.67. The van der Waals surface area contributed by atoms with Crippen molar-refractivity contribution >= 4 is 78.0 Å². The van der Waals surface area contributed by atoms with Crippen LogP contribution in [0.2, 0.25) is 0 Å². The van der Waals surface area contributed by atoms with E-state index >= 15 is 0 Å². The minimum absolute atomic E-state index is 0.0196. The molecule has 7 aromatic carbocycles. The van der Waals surface area contributed by atoms with E-state index in [0.29, 0.717) is 0 Å². The van der Waals surface area contributed by atoms with Crippen LogP contribution in [0, 0.1) is 0 Å². The fraction of sp³-hybridized carbons (Fsp3) is 0.290. The van der Waals surface area contributed by atoms with E-state index in [0.717, 1.165) is 0 Å². The molecule has 3 heterocycles. The molecule has 2 nitrogen and oxygen atoms in total. The molecular weight excluding hydrogens is 816 g/mol. The van der Waals surface area contributed by atoms with Crippen LogP contribution >= 0.6 is 11.3 Å². The molecule has 0 N–H and O–H groups in total. The van der Waals surface area contributed by atoms with Crippen molar-refractivity contribution in [3.05, 3.63) is 172 Å². The Morgan fingerprint density at radius 2 is 0.985 bits per heavy atom. The van der Waals surface area contributed by atoms with Crippen LogP contribution in [0.5, 0.6) is 0 Å². The molecular formula is C62H61BN2S. The minimum Gasteiger partial charge on any atom is -0.311 e. The maximum absolute atomic E-state index is 2.73. The summed E-state index contributed by atoms with van der Waals surface area (Å²) in [4.78, 5) is 5.35. The molecule has 1 aromatic heterocycles. The number of anilines is 6. The first kappa shape index (κ1) is 41.6. The van der Waals surface area contributed by atoms with Gasteiger partial charge in [-0.1, -0.05) is 175 Å². The molecule has 0 spiro atoms. The van der Waals surface area contributed by atoms with Crippen molar-refractivity contribution in [1.82, 2.24) is 0 Å². The summed E-state index contributed by atoms with van der Waals surface area (Å²) in [5.74, 6) is 0. The quantitative estimate of drug-likeness (QED) is 0.160. The number of rotatable bonds is 2. The number of hydrogen-bond acceptors (Lipinski definition) is 3. The van der Waals surface area contributed by atoms with Crippen LogP contribution < -0.4 is 25.5 Å². The molecule has 4 heteroatoms. The summed E-state index contributed by atoms with van der Waals surface area (Å²) in [7, 11) is 0. The van der Waals surface area contributed by atoms with E-state index in [-0.39, 0.29) is 33.8 Å². The van der Waals surface area contributed by atoms with Crippen molar-refractivity contribution in [1.29, 1.82) is 0 Å². The number of nitrogens with zero attached hydrogens (tertiary/aromatic N) is 2. The Balaban J connectivity index is 1.26. The lowest BCUT2D eigenvalue weighted by molar-refractivity contribution is 0.590. The largest absolute Gasteiger partial charge is 0.311 e. The summed E-state index contributed by atoms with van der Waals surface area (Å²) < 4.78 is 2.78. The molecule has 2 aliphatic carbocycles. The van der Waals surface area contributed by atoms with Crippen LogP contribution in [0.1, 0.15) is 129 Å². The summed E-state index contributed by atoms with van der Waals surface area (Å²) in [5, 5.41) is 1.34. The van der Waals surface area contributed by atoms with Gasteiger partial charge in [-0.3, -0.25) is 0 Å². The van der Waals surface area contributed by atoms with Gasteiger partial charge in [0.1, 0.15) is 0 Å². The third-order valence-electron chi connectivity index (χ3n) is 15.9.